The molecule has 3 heterocycles. The van der Waals surface area contributed by atoms with Crippen molar-refractivity contribution in [3.8, 4) is 28.1 Å². The van der Waals surface area contributed by atoms with E-state index in [0.29, 0.717) is 0 Å². The first-order valence-electron chi connectivity index (χ1n) is 12.0. The fourth-order valence-corrected chi connectivity index (χ4v) is 4.13. The molecule has 3 aromatic heterocycles. The Morgan fingerprint density at radius 1 is 0.889 bits per heavy atom. The van der Waals surface area contributed by atoms with E-state index in [-0.39, 0.29) is 0 Å². The summed E-state index contributed by atoms with van der Waals surface area (Å²) in [4.78, 5) is 11.1. The molecule has 0 unspecified atom stereocenters. The van der Waals surface area contributed by atoms with Crippen molar-refractivity contribution in [1.29, 1.82) is 0 Å². The third-order valence-electron chi connectivity index (χ3n) is 5.92. The van der Waals surface area contributed by atoms with E-state index in [9.17, 15) is 0 Å². The molecule has 1 N–H and O–H groups in total. The molecular weight excluding hydrogens is 448 g/mol. The fourth-order valence-electron chi connectivity index (χ4n) is 4.13. The highest BCUT2D eigenvalue weighted by molar-refractivity contribution is 5.81. The summed E-state index contributed by atoms with van der Waals surface area (Å²) in [7, 11) is 4.15. The van der Waals surface area contributed by atoms with Crippen LogP contribution >= 0.6 is 0 Å². The number of rotatable bonds is 8. The summed E-state index contributed by atoms with van der Waals surface area (Å²) in [5, 5.41) is 12.8. The number of hydrogen-bond acceptors (Lipinski definition) is 6. The first kappa shape index (κ1) is 23.4. The minimum atomic E-state index is 0.759. The second-order valence-corrected chi connectivity index (χ2v) is 9.04. The number of nitrogens with zero attached hydrogens (tertiary/aromatic N) is 7. The molecule has 2 aromatic carbocycles. The van der Waals surface area contributed by atoms with Crippen molar-refractivity contribution in [1.82, 2.24) is 34.4 Å². The number of aromatic nitrogens is 6. The van der Waals surface area contributed by atoms with Gasteiger partial charge < -0.3 is 10.2 Å². The quantitative estimate of drug-likeness (QED) is 0.334. The van der Waals surface area contributed by atoms with Gasteiger partial charge in [0.25, 0.3) is 0 Å². The lowest BCUT2D eigenvalue weighted by Crippen LogP contribution is -2.18. The Labute approximate surface area is 211 Å². The smallest absolute Gasteiger partial charge is 0.148 e. The monoisotopic (exact) mass is 478 g/mol. The molecule has 0 atom stereocenters. The highest BCUT2D eigenvalue weighted by Crippen LogP contribution is 2.32. The number of pyridine rings is 1. The summed E-state index contributed by atoms with van der Waals surface area (Å²) in [5.41, 5.74) is 6.12. The highest BCUT2D eigenvalue weighted by atomic mass is 15.3. The van der Waals surface area contributed by atoms with Crippen molar-refractivity contribution in [3.05, 3.63) is 90.8 Å². The molecule has 0 amide bonds. The van der Waals surface area contributed by atoms with E-state index >= 15 is 0 Å². The van der Waals surface area contributed by atoms with E-state index in [0.717, 1.165) is 64.3 Å². The minimum Gasteiger partial charge on any atom is -0.340 e. The molecule has 0 saturated carbocycles. The summed E-state index contributed by atoms with van der Waals surface area (Å²) >= 11 is 0. The molecule has 8 heteroatoms. The van der Waals surface area contributed by atoms with E-state index in [4.69, 9.17) is 5.10 Å². The van der Waals surface area contributed by atoms with Gasteiger partial charge in [-0.05, 0) is 69.9 Å². The van der Waals surface area contributed by atoms with Gasteiger partial charge in [-0.15, -0.1) is 0 Å². The third kappa shape index (κ3) is 5.18. The summed E-state index contributed by atoms with van der Waals surface area (Å²) in [6.45, 7) is 5.59. The van der Waals surface area contributed by atoms with Crippen LogP contribution in [-0.2, 0) is 6.54 Å². The van der Waals surface area contributed by atoms with Crippen molar-refractivity contribution in [3.63, 3.8) is 0 Å². The van der Waals surface area contributed by atoms with Gasteiger partial charge in [0.15, 0.2) is 0 Å². The summed E-state index contributed by atoms with van der Waals surface area (Å²) in [6, 6.07) is 22.5. The number of benzene rings is 2. The predicted molar refractivity (Wildman–Crippen MR) is 144 cm³/mol. The zero-order chi connectivity index (χ0) is 25.1. The Morgan fingerprint density at radius 2 is 1.67 bits per heavy atom. The lowest BCUT2D eigenvalue weighted by molar-refractivity contribution is 0.373. The summed E-state index contributed by atoms with van der Waals surface area (Å²) < 4.78 is 3.87. The van der Waals surface area contributed by atoms with Crippen molar-refractivity contribution in [2.24, 2.45) is 0 Å². The zero-order valence-electron chi connectivity index (χ0n) is 21.1. The van der Waals surface area contributed by atoms with E-state index in [2.05, 4.69) is 69.8 Å². The number of nitrogens with one attached hydrogen (secondary N) is 1. The SMILES string of the molecule is Cc1nc(C)n(-c2ccc(Nc3cc(-c4nn(CCN(C)C)cc4-c4ccccc4)ccn3)cc2)n1. The molecule has 8 nitrogen and oxygen atoms in total. The van der Waals surface area contributed by atoms with Crippen LogP contribution in [0.15, 0.2) is 79.1 Å². The minimum absolute atomic E-state index is 0.759. The molecule has 0 fully saturated rings. The Kier molecular flexibility index (Phi) is 6.60. The van der Waals surface area contributed by atoms with Gasteiger partial charge in [0.05, 0.1) is 12.2 Å². The molecule has 0 bridgehead atoms. The maximum absolute atomic E-state index is 4.95. The van der Waals surface area contributed by atoms with Gasteiger partial charge in [0.2, 0.25) is 0 Å². The predicted octanol–water partition coefficient (Wildman–Crippen LogP) is 5.11. The van der Waals surface area contributed by atoms with Gasteiger partial charge in [-0.1, -0.05) is 30.3 Å². The van der Waals surface area contributed by atoms with Gasteiger partial charge in [0, 0.05) is 35.8 Å². The largest absolute Gasteiger partial charge is 0.340 e. The molecule has 5 aromatic rings. The Balaban J connectivity index is 1.42. The van der Waals surface area contributed by atoms with Crippen LogP contribution in [0.3, 0.4) is 0 Å². The van der Waals surface area contributed by atoms with Crippen LogP contribution in [0.1, 0.15) is 11.6 Å². The number of anilines is 2. The van der Waals surface area contributed by atoms with Crippen molar-refractivity contribution < 1.29 is 0 Å². The van der Waals surface area contributed by atoms with Crippen LogP contribution in [0.25, 0.3) is 28.1 Å². The Morgan fingerprint density at radius 3 is 2.36 bits per heavy atom. The average molecular weight is 479 g/mol. The molecule has 0 spiro atoms. The highest BCUT2D eigenvalue weighted by Gasteiger charge is 2.14. The van der Waals surface area contributed by atoms with E-state index < -0.39 is 0 Å². The van der Waals surface area contributed by atoms with Crippen LogP contribution < -0.4 is 5.32 Å². The third-order valence-corrected chi connectivity index (χ3v) is 5.92. The maximum atomic E-state index is 4.95. The molecule has 182 valence electrons. The fraction of sp³-hybridized carbons (Fsp3) is 0.214. The normalized spacial score (nSPS) is 11.2. The molecule has 0 saturated heterocycles. The molecule has 0 aliphatic rings. The second kappa shape index (κ2) is 10.1. The molecule has 0 radical (unpaired) electrons. The van der Waals surface area contributed by atoms with Gasteiger partial charge in [0.1, 0.15) is 23.2 Å². The first-order chi connectivity index (χ1) is 17.5. The van der Waals surface area contributed by atoms with Gasteiger partial charge in [-0.2, -0.15) is 10.2 Å². The van der Waals surface area contributed by atoms with E-state index in [1.165, 1.54) is 0 Å². The second-order valence-electron chi connectivity index (χ2n) is 9.04. The number of aryl methyl sites for hydroxylation is 2. The van der Waals surface area contributed by atoms with Gasteiger partial charge in [-0.25, -0.2) is 14.6 Å². The lowest BCUT2D eigenvalue weighted by Gasteiger charge is -2.09. The van der Waals surface area contributed by atoms with E-state index in [1.807, 2.05) is 71.9 Å². The topological polar surface area (TPSA) is 76.7 Å². The van der Waals surface area contributed by atoms with E-state index in [1.54, 1.807) is 0 Å². The van der Waals surface area contributed by atoms with Crippen molar-refractivity contribution >= 4 is 11.5 Å². The molecular formula is C28H30N8. The lowest BCUT2D eigenvalue weighted by atomic mass is 10.0. The standard InChI is InChI=1S/C28H30N8/c1-20-30-21(2)36(32-20)25-12-10-24(11-13-25)31-27-18-23(14-15-29-27)28-26(22-8-6-5-7-9-22)19-35(33-28)17-16-34(3)4/h5-15,18-19H,16-17H2,1-4H3,(H,29,31). The first-order valence-corrected chi connectivity index (χ1v) is 12.0. The van der Waals surface area contributed by atoms with Crippen LogP contribution in [0.5, 0.6) is 0 Å². The van der Waals surface area contributed by atoms with Crippen LogP contribution in [0.4, 0.5) is 11.5 Å². The van der Waals surface area contributed by atoms with Crippen LogP contribution in [0.2, 0.25) is 0 Å². The van der Waals surface area contributed by atoms with Crippen molar-refractivity contribution in [2.75, 3.05) is 26.0 Å². The molecule has 0 aliphatic carbocycles. The zero-order valence-corrected chi connectivity index (χ0v) is 21.1. The van der Waals surface area contributed by atoms with Crippen LogP contribution in [-0.4, -0.2) is 55.1 Å². The maximum Gasteiger partial charge on any atom is 0.148 e. The molecule has 0 aliphatic heterocycles. The number of hydrogen-bond donors (Lipinski definition) is 1. The average Bonchev–Trinajstić information content (AvgIpc) is 3.46. The number of likely N-dealkylation sites (N-methyl/N-ethyl adjacent to an activating group) is 1. The van der Waals surface area contributed by atoms with Gasteiger partial charge in [-0.3, -0.25) is 4.68 Å². The Bertz CT molecular complexity index is 1450. The molecule has 36 heavy (non-hydrogen) atoms. The van der Waals surface area contributed by atoms with Crippen LogP contribution in [0, 0.1) is 13.8 Å². The van der Waals surface area contributed by atoms with Gasteiger partial charge >= 0.3 is 0 Å². The summed E-state index contributed by atoms with van der Waals surface area (Å²) in [5.74, 6) is 2.38. The van der Waals surface area contributed by atoms with Crippen molar-refractivity contribution in [2.45, 2.75) is 20.4 Å². The molecule has 5 rings (SSSR count). The summed E-state index contributed by atoms with van der Waals surface area (Å²) in [6.07, 6.45) is 3.95. The Hall–Kier alpha value is -4.30.